The summed E-state index contributed by atoms with van der Waals surface area (Å²) in [6.45, 7) is 7.36. The Morgan fingerprint density at radius 2 is 1.75 bits per heavy atom. The van der Waals surface area contributed by atoms with E-state index >= 15 is 0 Å². The maximum absolute atomic E-state index is 12.7. The molecule has 1 N–H and O–H groups in total. The molecule has 2 heterocycles. The molecule has 184 valence electrons. The fourth-order valence-electron chi connectivity index (χ4n) is 4.67. The fourth-order valence-corrected chi connectivity index (χ4v) is 4.67. The highest BCUT2D eigenvalue weighted by atomic mass is 16.6. The lowest BCUT2D eigenvalue weighted by Gasteiger charge is -2.28. The third-order valence-electron chi connectivity index (χ3n) is 6.56. The van der Waals surface area contributed by atoms with Crippen LogP contribution >= 0.6 is 0 Å². The number of anilines is 2. The molecule has 1 fully saturated rings. The lowest BCUT2D eigenvalue weighted by Crippen LogP contribution is -2.30. The summed E-state index contributed by atoms with van der Waals surface area (Å²) in [5, 5.41) is 24.3. The molecular weight excluding hydrogens is 454 g/mol. The number of nitrogens with zero attached hydrogens (tertiary/aromatic N) is 4. The number of carbonyl (C=O) groups excluding carboxylic acids is 1. The number of nitro benzene ring substituents is 1. The van der Waals surface area contributed by atoms with Crippen LogP contribution in [0.1, 0.15) is 41.8 Å². The van der Waals surface area contributed by atoms with Crippen LogP contribution in [0, 0.1) is 42.2 Å². The molecule has 1 aliphatic heterocycles. The van der Waals surface area contributed by atoms with Crippen LogP contribution in [0.15, 0.2) is 54.1 Å². The molecule has 1 saturated heterocycles. The number of aromatic nitrogens is 1. The Morgan fingerprint density at radius 1 is 1.06 bits per heavy atom. The summed E-state index contributed by atoms with van der Waals surface area (Å²) in [7, 11) is 0. The molecule has 1 aliphatic rings. The predicted octanol–water partition coefficient (Wildman–Crippen LogP) is 5.85. The number of nitro groups is 1. The SMILES string of the molecule is Cc1ccc(NC(=O)C(C#N)=Cc2cc(C)n(-c3ccc(N4CCCCC4)c([N+](=O)[O-])c3)c2C)cc1. The van der Waals surface area contributed by atoms with Crippen molar-refractivity contribution in [1.29, 1.82) is 5.26 Å². The minimum absolute atomic E-state index is 0.0257. The molecule has 2 aromatic carbocycles. The van der Waals surface area contributed by atoms with Gasteiger partial charge in [-0.3, -0.25) is 14.9 Å². The maximum atomic E-state index is 12.7. The minimum atomic E-state index is -0.493. The van der Waals surface area contributed by atoms with Crippen molar-refractivity contribution in [3.8, 4) is 11.8 Å². The van der Waals surface area contributed by atoms with Gasteiger partial charge >= 0.3 is 0 Å². The number of rotatable bonds is 6. The second-order valence-electron chi connectivity index (χ2n) is 9.13. The van der Waals surface area contributed by atoms with E-state index in [2.05, 4.69) is 10.2 Å². The first kappa shape index (κ1) is 24.7. The first-order chi connectivity index (χ1) is 17.3. The lowest BCUT2D eigenvalue weighted by atomic mass is 10.1. The molecule has 1 amide bonds. The molecule has 4 rings (SSSR count). The Labute approximate surface area is 210 Å². The highest BCUT2D eigenvalue weighted by Gasteiger charge is 2.23. The van der Waals surface area contributed by atoms with Gasteiger partial charge in [0.1, 0.15) is 17.3 Å². The molecule has 0 spiro atoms. The van der Waals surface area contributed by atoms with E-state index < -0.39 is 5.91 Å². The number of benzene rings is 2. The molecule has 3 aromatic rings. The van der Waals surface area contributed by atoms with Gasteiger partial charge in [-0.15, -0.1) is 0 Å². The Kier molecular flexibility index (Phi) is 7.20. The van der Waals surface area contributed by atoms with Crippen LogP contribution < -0.4 is 10.2 Å². The summed E-state index contributed by atoms with van der Waals surface area (Å²) >= 11 is 0. The molecule has 0 aliphatic carbocycles. The van der Waals surface area contributed by atoms with E-state index in [0.29, 0.717) is 22.6 Å². The van der Waals surface area contributed by atoms with Gasteiger partial charge < -0.3 is 14.8 Å². The highest BCUT2D eigenvalue weighted by Crippen LogP contribution is 2.34. The average Bonchev–Trinajstić information content (AvgIpc) is 3.16. The maximum Gasteiger partial charge on any atom is 0.294 e. The van der Waals surface area contributed by atoms with Crippen LogP contribution in [0.3, 0.4) is 0 Å². The van der Waals surface area contributed by atoms with Gasteiger partial charge in [0, 0.05) is 36.2 Å². The van der Waals surface area contributed by atoms with Crippen LogP contribution in [0.4, 0.5) is 17.1 Å². The number of nitriles is 1. The molecule has 8 heteroatoms. The van der Waals surface area contributed by atoms with Gasteiger partial charge in [0.25, 0.3) is 11.6 Å². The average molecular weight is 484 g/mol. The largest absolute Gasteiger partial charge is 0.366 e. The summed E-state index contributed by atoms with van der Waals surface area (Å²) in [4.78, 5) is 26.4. The zero-order chi connectivity index (χ0) is 25.8. The molecule has 0 unspecified atom stereocenters. The highest BCUT2D eigenvalue weighted by molar-refractivity contribution is 6.09. The van der Waals surface area contributed by atoms with Gasteiger partial charge in [-0.25, -0.2) is 0 Å². The van der Waals surface area contributed by atoms with Crippen molar-refractivity contribution in [2.75, 3.05) is 23.3 Å². The van der Waals surface area contributed by atoms with Gasteiger partial charge in [0.2, 0.25) is 0 Å². The van der Waals surface area contributed by atoms with E-state index in [1.165, 1.54) is 0 Å². The third kappa shape index (κ3) is 5.15. The fraction of sp³-hybridized carbons (Fsp3) is 0.286. The first-order valence-corrected chi connectivity index (χ1v) is 12.0. The van der Waals surface area contributed by atoms with Crippen LogP contribution in [0.5, 0.6) is 0 Å². The molecule has 0 bridgehead atoms. The standard InChI is InChI=1S/C28H29N5O3/c1-19-7-9-24(10-8-19)30-28(34)23(18-29)16-22-15-20(2)32(21(22)3)25-11-12-26(27(17-25)33(35)36)31-13-5-4-6-14-31/h7-12,15-17H,4-6,13-14H2,1-3H3,(H,30,34). The number of hydrogen-bond acceptors (Lipinski definition) is 5. The van der Waals surface area contributed by atoms with Crippen molar-refractivity contribution < 1.29 is 9.72 Å². The third-order valence-corrected chi connectivity index (χ3v) is 6.56. The summed E-state index contributed by atoms with van der Waals surface area (Å²) < 4.78 is 1.91. The number of amides is 1. The van der Waals surface area contributed by atoms with Gasteiger partial charge in [-0.2, -0.15) is 5.26 Å². The van der Waals surface area contributed by atoms with Crippen LogP contribution in [-0.2, 0) is 4.79 Å². The summed E-state index contributed by atoms with van der Waals surface area (Å²) in [5.74, 6) is -0.493. The monoisotopic (exact) mass is 483 g/mol. The molecule has 36 heavy (non-hydrogen) atoms. The predicted molar refractivity (Wildman–Crippen MR) is 141 cm³/mol. The van der Waals surface area contributed by atoms with Gasteiger partial charge in [-0.05, 0) is 82.0 Å². The summed E-state index contributed by atoms with van der Waals surface area (Å²) in [6, 6.07) is 16.5. The van der Waals surface area contributed by atoms with Crippen molar-refractivity contribution in [3.63, 3.8) is 0 Å². The van der Waals surface area contributed by atoms with Crippen LogP contribution in [0.25, 0.3) is 11.8 Å². The van der Waals surface area contributed by atoms with Crippen molar-refractivity contribution in [2.24, 2.45) is 0 Å². The number of carbonyl (C=O) groups is 1. The van der Waals surface area contributed by atoms with Gasteiger partial charge in [-0.1, -0.05) is 17.7 Å². The van der Waals surface area contributed by atoms with E-state index in [4.69, 9.17) is 0 Å². The smallest absolute Gasteiger partial charge is 0.294 e. The molecule has 0 radical (unpaired) electrons. The zero-order valence-electron chi connectivity index (χ0n) is 20.7. The van der Waals surface area contributed by atoms with Gasteiger partial charge in [0.05, 0.1) is 10.6 Å². The van der Waals surface area contributed by atoms with Crippen LogP contribution in [-0.4, -0.2) is 28.5 Å². The van der Waals surface area contributed by atoms with Crippen LogP contribution in [0.2, 0.25) is 0 Å². The second kappa shape index (κ2) is 10.5. The molecule has 1 aromatic heterocycles. The normalized spacial score (nSPS) is 13.8. The zero-order valence-corrected chi connectivity index (χ0v) is 20.7. The number of aryl methyl sites for hydroxylation is 2. The summed E-state index contributed by atoms with van der Waals surface area (Å²) in [5.41, 5.74) is 5.37. The van der Waals surface area contributed by atoms with Crippen molar-refractivity contribution in [1.82, 2.24) is 4.57 Å². The minimum Gasteiger partial charge on any atom is -0.366 e. The van der Waals surface area contributed by atoms with E-state index in [0.717, 1.165) is 49.3 Å². The Balaban J connectivity index is 1.66. The van der Waals surface area contributed by atoms with E-state index in [1.54, 1.807) is 24.3 Å². The van der Waals surface area contributed by atoms with Crippen molar-refractivity contribution >= 4 is 29.0 Å². The Bertz CT molecular complexity index is 1370. The van der Waals surface area contributed by atoms with Crippen molar-refractivity contribution in [2.45, 2.75) is 40.0 Å². The topological polar surface area (TPSA) is 104 Å². The number of nitrogens with one attached hydrogen (secondary N) is 1. The quantitative estimate of drug-likeness (QED) is 0.205. The lowest BCUT2D eigenvalue weighted by molar-refractivity contribution is -0.384. The van der Waals surface area contributed by atoms with E-state index in [1.807, 2.05) is 61.7 Å². The summed E-state index contributed by atoms with van der Waals surface area (Å²) in [6.07, 6.45) is 4.76. The Morgan fingerprint density at radius 3 is 2.39 bits per heavy atom. The second-order valence-corrected chi connectivity index (χ2v) is 9.13. The number of hydrogen-bond donors (Lipinski definition) is 1. The molecular formula is C28H29N5O3. The van der Waals surface area contributed by atoms with Gasteiger partial charge in [0.15, 0.2) is 0 Å². The molecule has 0 saturated carbocycles. The first-order valence-electron chi connectivity index (χ1n) is 12.0. The van der Waals surface area contributed by atoms with Crippen molar-refractivity contribution in [3.05, 3.63) is 86.7 Å². The Hall–Kier alpha value is -4.38. The molecule has 8 nitrogen and oxygen atoms in total. The number of piperidine rings is 1. The van der Waals surface area contributed by atoms with E-state index in [-0.39, 0.29) is 16.2 Å². The molecule has 0 atom stereocenters. The van der Waals surface area contributed by atoms with E-state index in [9.17, 15) is 20.2 Å².